The summed E-state index contributed by atoms with van der Waals surface area (Å²) in [5.74, 6) is -0.861. The highest BCUT2D eigenvalue weighted by Crippen LogP contribution is 2.42. The molecule has 0 fully saturated rings. The minimum atomic E-state index is -2.07. The second-order valence-corrected chi connectivity index (χ2v) is 8.36. The molecule has 0 aliphatic heterocycles. The molecule has 0 saturated heterocycles. The van der Waals surface area contributed by atoms with E-state index < -0.39 is 17.7 Å². The van der Waals surface area contributed by atoms with Crippen molar-refractivity contribution in [1.29, 1.82) is 0 Å². The Morgan fingerprint density at radius 2 is 1.73 bits per heavy atom. The van der Waals surface area contributed by atoms with Gasteiger partial charge < -0.3 is 9.47 Å². The Bertz CT molecular complexity index is 1150. The van der Waals surface area contributed by atoms with Gasteiger partial charge in [0, 0.05) is 10.8 Å². The summed E-state index contributed by atoms with van der Waals surface area (Å²) in [5, 5.41) is 1.04. The first-order valence-corrected chi connectivity index (χ1v) is 10.6. The van der Waals surface area contributed by atoms with E-state index in [0.29, 0.717) is 23.3 Å². The predicted molar refractivity (Wildman–Crippen MR) is 111 cm³/mol. The van der Waals surface area contributed by atoms with Crippen molar-refractivity contribution >= 4 is 31.5 Å². The van der Waals surface area contributed by atoms with E-state index in [4.69, 9.17) is 4.74 Å². The van der Waals surface area contributed by atoms with Gasteiger partial charge in [-0.3, -0.25) is 0 Å². The van der Waals surface area contributed by atoms with Gasteiger partial charge in [0.1, 0.15) is 6.61 Å². The first-order chi connectivity index (χ1) is 14.5. The molecule has 0 amide bonds. The zero-order valence-electron chi connectivity index (χ0n) is 16.3. The lowest BCUT2D eigenvalue weighted by atomic mass is 9.88. The molecule has 0 N–H and O–H groups in total. The summed E-state index contributed by atoms with van der Waals surface area (Å²) in [6.07, 6.45) is 4.54. The number of hydrogen-bond acceptors (Lipinski definition) is 3. The van der Waals surface area contributed by atoms with E-state index in [0.717, 1.165) is 42.6 Å². The molecule has 1 atom stereocenters. The molecule has 1 unspecified atom stereocenters. The van der Waals surface area contributed by atoms with Gasteiger partial charge in [-0.25, -0.2) is 8.78 Å². The van der Waals surface area contributed by atoms with Crippen LogP contribution in [-0.2, 0) is 0 Å². The Morgan fingerprint density at radius 3 is 2.33 bits per heavy atom. The van der Waals surface area contributed by atoms with Crippen LogP contribution in [0.25, 0.3) is 20.2 Å². The van der Waals surface area contributed by atoms with E-state index in [9.17, 15) is 13.2 Å². The van der Waals surface area contributed by atoms with Crippen LogP contribution in [0.4, 0.5) is 17.6 Å². The molecule has 0 bridgehead atoms. The molecule has 0 radical (unpaired) electrons. The quantitative estimate of drug-likeness (QED) is 0.222. The molecule has 0 saturated carbocycles. The van der Waals surface area contributed by atoms with Crippen molar-refractivity contribution in [3.63, 3.8) is 0 Å². The molecule has 3 aromatic rings. The first kappa shape index (κ1) is 20.7. The van der Waals surface area contributed by atoms with Gasteiger partial charge in [0.15, 0.2) is 29.4 Å². The van der Waals surface area contributed by atoms with Crippen LogP contribution < -0.4 is 9.47 Å². The molecule has 1 aliphatic carbocycles. The lowest BCUT2D eigenvalue weighted by molar-refractivity contribution is 0.319. The summed E-state index contributed by atoms with van der Waals surface area (Å²) >= 11 is 0.909. The smallest absolute Gasteiger partial charge is 0.305 e. The monoisotopic (exact) mass is 436 g/mol. The average Bonchev–Trinajstić information content (AvgIpc) is 3.13. The first-order valence-electron chi connectivity index (χ1n) is 9.79. The highest BCUT2D eigenvalue weighted by Gasteiger charge is 2.19. The molecule has 2 nitrogen and oxygen atoms in total. The van der Waals surface area contributed by atoms with E-state index in [1.165, 1.54) is 12.1 Å². The number of fused-ring (bicyclic) bond motifs is 3. The second-order valence-electron chi connectivity index (χ2n) is 7.34. The normalized spacial score (nSPS) is 16.6. The Morgan fingerprint density at radius 1 is 1.07 bits per heavy atom. The molecular formula is C23H20F4O2S. The van der Waals surface area contributed by atoms with Gasteiger partial charge >= 0.3 is 6.08 Å². The third kappa shape index (κ3) is 4.03. The largest absolute Gasteiger partial charge is 0.486 e. The van der Waals surface area contributed by atoms with Crippen LogP contribution in [0.3, 0.4) is 0 Å². The van der Waals surface area contributed by atoms with Crippen molar-refractivity contribution in [2.45, 2.75) is 32.6 Å². The van der Waals surface area contributed by atoms with E-state index >= 15 is 4.39 Å². The van der Waals surface area contributed by atoms with Crippen molar-refractivity contribution in [2.75, 3.05) is 6.61 Å². The average molecular weight is 436 g/mol. The second kappa shape index (κ2) is 8.68. The highest BCUT2D eigenvalue weighted by molar-refractivity contribution is 7.25. The maximum atomic E-state index is 15.1. The lowest BCUT2D eigenvalue weighted by Gasteiger charge is -2.20. The van der Waals surface area contributed by atoms with Gasteiger partial charge in [-0.2, -0.15) is 8.78 Å². The summed E-state index contributed by atoms with van der Waals surface area (Å²) in [4.78, 5) is 0. The maximum Gasteiger partial charge on any atom is 0.305 e. The van der Waals surface area contributed by atoms with Crippen molar-refractivity contribution in [2.24, 2.45) is 5.92 Å². The zero-order chi connectivity index (χ0) is 21.3. The van der Waals surface area contributed by atoms with Crippen LogP contribution in [0.2, 0.25) is 0 Å². The van der Waals surface area contributed by atoms with Crippen LogP contribution in [0.15, 0.2) is 48.3 Å². The fourth-order valence-electron chi connectivity index (χ4n) is 3.73. The highest BCUT2D eigenvalue weighted by atomic mass is 32.1. The van der Waals surface area contributed by atoms with Crippen LogP contribution in [0, 0.1) is 17.6 Å². The van der Waals surface area contributed by atoms with Crippen LogP contribution in [-0.4, -0.2) is 6.61 Å². The Kier molecular flexibility index (Phi) is 5.99. The molecule has 1 heterocycles. The standard InChI is InChI=1S/C23H20F4O2S/c1-2-13-3-5-14(6-4-13)11-28-17-9-7-15-16-8-10-18(29-12-19(24)25)21(27)23(16)30-22(15)20(17)26/h5,7-10,12-13H,2-4,6,11H2,1H3. The summed E-state index contributed by atoms with van der Waals surface area (Å²) in [7, 11) is 0. The molecule has 2 aromatic carbocycles. The van der Waals surface area contributed by atoms with Gasteiger partial charge in [-0.05, 0) is 55.0 Å². The van der Waals surface area contributed by atoms with Gasteiger partial charge in [0.2, 0.25) is 0 Å². The number of rotatable bonds is 6. The predicted octanol–water partition coefficient (Wildman–Crippen LogP) is 7.96. The maximum absolute atomic E-state index is 15.1. The number of ether oxygens (including phenoxy) is 2. The summed E-state index contributed by atoms with van der Waals surface area (Å²) in [6, 6.07) is 6.03. The number of hydrogen-bond donors (Lipinski definition) is 0. The van der Waals surface area contributed by atoms with Crippen molar-refractivity contribution in [1.82, 2.24) is 0 Å². The zero-order valence-corrected chi connectivity index (χ0v) is 17.1. The summed E-state index contributed by atoms with van der Waals surface area (Å²) < 4.78 is 65.0. The van der Waals surface area contributed by atoms with Crippen LogP contribution in [0.5, 0.6) is 11.5 Å². The SMILES string of the molecule is CCC1CC=C(COc2ccc3c(sc4c(F)c(OC=C(F)F)ccc43)c2F)CC1. The topological polar surface area (TPSA) is 18.5 Å². The molecule has 1 aliphatic rings. The Balaban J connectivity index is 1.62. The van der Waals surface area contributed by atoms with Crippen molar-refractivity contribution < 1.29 is 27.0 Å². The van der Waals surface area contributed by atoms with Crippen LogP contribution in [0.1, 0.15) is 32.6 Å². The Labute approximate surface area is 175 Å². The fraction of sp³-hybridized carbons (Fsp3) is 0.304. The summed E-state index contributed by atoms with van der Waals surface area (Å²) in [5.41, 5.74) is 1.16. The number of halogens is 4. The molecule has 0 spiro atoms. The lowest BCUT2D eigenvalue weighted by Crippen LogP contribution is -2.10. The molecule has 30 heavy (non-hydrogen) atoms. The molecule has 4 rings (SSSR count). The molecule has 7 heteroatoms. The number of allylic oxidation sites excluding steroid dienone is 1. The molecule has 158 valence electrons. The van der Waals surface area contributed by atoms with Gasteiger partial charge in [-0.1, -0.05) is 19.4 Å². The fourth-order valence-corrected chi connectivity index (χ4v) is 4.89. The minimum absolute atomic E-state index is 0.117. The van der Waals surface area contributed by atoms with Crippen LogP contribution >= 0.6 is 11.3 Å². The van der Waals surface area contributed by atoms with E-state index in [-0.39, 0.29) is 27.2 Å². The number of benzene rings is 2. The van der Waals surface area contributed by atoms with Crippen molar-refractivity contribution in [3.8, 4) is 11.5 Å². The number of thiophene rings is 1. The Hall–Kier alpha value is -2.54. The molecule has 1 aromatic heterocycles. The third-order valence-electron chi connectivity index (χ3n) is 5.50. The van der Waals surface area contributed by atoms with E-state index in [2.05, 4.69) is 17.7 Å². The van der Waals surface area contributed by atoms with Crippen molar-refractivity contribution in [3.05, 3.63) is 59.9 Å². The minimum Gasteiger partial charge on any atom is -0.486 e. The third-order valence-corrected chi connectivity index (χ3v) is 6.70. The molecular weight excluding hydrogens is 416 g/mol. The van der Waals surface area contributed by atoms with E-state index in [1.54, 1.807) is 12.1 Å². The van der Waals surface area contributed by atoms with Gasteiger partial charge in [-0.15, -0.1) is 11.3 Å². The van der Waals surface area contributed by atoms with Gasteiger partial charge in [0.25, 0.3) is 0 Å². The summed E-state index contributed by atoms with van der Waals surface area (Å²) in [6.45, 7) is 2.51. The van der Waals surface area contributed by atoms with Gasteiger partial charge in [0.05, 0.1) is 9.40 Å². The van der Waals surface area contributed by atoms with E-state index in [1.807, 2.05) is 0 Å².